The number of rotatable bonds is 2. The van der Waals surface area contributed by atoms with Crippen molar-refractivity contribution in [1.82, 2.24) is 14.5 Å². The molecule has 0 aliphatic rings. The predicted molar refractivity (Wildman–Crippen MR) is 109 cm³/mol. The maximum absolute atomic E-state index is 5.98. The molecule has 5 aromatic rings. The molecule has 27 heavy (non-hydrogen) atoms. The van der Waals surface area contributed by atoms with Crippen LogP contribution >= 0.6 is 0 Å². The van der Waals surface area contributed by atoms with Gasteiger partial charge in [-0.05, 0) is 60.3 Å². The highest BCUT2D eigenvalue weighted by Crippen LogP contribution is 2.36. The topological polar surface area (TPSA) is 66.0 Å². The van der Waals surface area contributed by atoms with Gasteiger partial charge in [-0.1, -0.05) is 0 Å². The van der Waals surface area contributed by atoms with Crippen molar-refractivity contribution in [3.63, 3.8) is 0 Å². The molecule has 5 rings (SSSR count). The smallest absolute Gasteiger partial charge is 0.145 e. The van der Waals surface area contributed by atoms with E-state index in [0.29, 0.717) is 11.6 Å². The van der Waals surface area contributed by atoms with Crippen molar-refractivity contribution in [1.29, 1.82) is 0 Å². The van der Waals surface area contributed by atoms with Gasteiger partial charge >= 0.3 is 0 Å². The van der Waals surface area contributed by atoms with Crippen LogP contribution in [0.15, 0.2) is 61.1 Å². The molecule has 0 radical (unpaired) electrons. The SMILES string of the molecule is Cc1c2ccncc2cc2c3cc(Oc4ccc(N)nc4)ccc3n(C)c12. The van der Waals surface area contributed by atoms with Crippen molar-refractivity contribution in [2.45, 2.75) is 6.92 Å². The van der Waals surface area contributed by atoms with Gasteiger partial charge in [0.15, 0.2) is 0 Å². The Morgan fingerprint density at radius 2 is 1.78 bits per heavy atom. The lowest BCUT2D eigenvalue weighted by molar-refractivity contribution is 0.481. The lowest BCUT2D eigenvalue weighted by Gasteiger charge is -2.06. The highest BCUT2D eigenvalue weighted by atomic mass is 16.5. The zero-order valence-corrected chi connectivity index (χ0v) is 15.1. The Labute approximate surface area is 156 Å². The minimum absolute atomic E-state index is 0.475. The second-order valence-corrected chi connectivity index (χ2v) is 6.75. The summed E-state index contributed by atoms with van der Waals surface area (Å²) in [4.78, 5) is 8.36. The van der Waals surface area contributed by atoms with Crippen LogP contribution in [0.2, 0.25) is 0 Å². The Balaban J connectivity index is 1.74. The average molecular weight is 354 g/mol. The largest absolute Gasteiger partial charge is 0.456 e. The molecule has 0 aliphatic heterocycles. The Morgan fingerprint density at radius 1 is 0.926 bits per heavy atom. The highest BCUT2D eigenvalue weighted by Gasteiger charge is 2.14. The van der Waals surface area contributed by atoms with Crippen LogP contribution in [0, 0.1) is 6.92 Å². The van der Waals surface area contributed by atoms with Gasteiger partial charge in [-0.3, -0.25) is 4.98 Å². The first kappa shape index (κ1) is 15.6. The van der Waals surface area contributed by atoms with E-state index in [4.69, 9.17) is 10.5 Å². The lowest BCUT2D eigenvalue weighted by atomic mass is 10.0. The number of anilines is 1. The number of hydrogen-bond donors (Lipinski definition) is 1. The van der Waals surface area contributed by atoms with Crippen molar-refractivity contribution in [3.05, 3.63) is 66.6 Å². The van der Waals surface area contributed by atoms with Gasteiger partial charge in [-0.2, -0.15) is 0 Å². The first-order chi connectivity index (χ1) is 13.1. The van der Waals surface area contributed by atoms with Crippen molar-refractivity contribution in [3.8, 4) is 11.5 Å². The van der Waals surface area contributed by atoms with Crippen molar-refractivity contribution < 1.29 is 4.74 Å². The fourth-order valence-corrected chi connectivity index (χ4v) is 3.85. The number of fused-ring (bicyclic) bond motifs is 4. The number of ether oxygens (including phenoxy) is 1. The molecule has 0 bridgehead atoms. The number of aryl methyl sites for hydroxylation is 2. The third-order valence-corrected chi connectivity index (χ3v) is 5.12. The molecule has 0 saturated carbocycles. The van der Waals surface area contributed by atoms with Crippen molar-refractivity contribution in [2.75, 3.05) is 5.73 Å². The summed E-state index contributed by atoms with van der Waals surface area (Å²) in [6.45, 7) is 2.17. The third kappa shape index (κ3) is 2.39. The summed E-state index contributed by atoms with van der Waals surface area (Å²) in [5.74, 6) is 1.91. The molecule has 0 unspecified atom stereocenters. The third-order valence-electron chi connectivity index (χ3n) is 5.12. The second-order valence-electron chi connectivity index (χ2n) is 6.75. The van der Waals surface area contributed by atoms with Crippen LogP contribution in [-0.2, 0) is 7.05 Å². The number of nitrogens with two attached hydrogens (primary N) is 1. The van der Waals surface area contributed by atoms with Gasteiger partial charge in [0.1, 0.15) is 17.3 Å². The van der Waals surface area contributed by atoms with E-state index in [0.717, 1.165) is 16.5 Å². The molecular weight excluding hydrogens is 336 g/mol. The van der Waals surface area contributed by atoms with Gasteiger partial charge in [0.25, 0.3) is 0 Å². The number of nitrogens with zero attached hydrogens (tertiary/aromatic N) is 3. The van der Waals surface area contributed by atoms with Crippen LogP contribution in [0.3, 0.4) is 0 Å². The zero-order valence-electron chi connectivity index (χ0n) is 15.1. The fourth-order valence-electron chi connectivity index (χ4n) is 3.85. The second kappa shape index (κ2) is 5.71. The van der Waals surface area contributed by atoms with E-state index in [9.17, 15) is 0 Å². The first-order valence-electron chi connectivity index (χ1n) is 8.76. The van der Waals surface area contributed by atoms with Crippen LogP contribution in [0.5, 0.6) is 11.5 Å². The first-order valence-corrected chi connectivity index (χ1v) is 8.76. The molecule has 5 heteroatoms. The van der Waals surface area contributed by atoms with E-state index >= 15 is 0 Å². The number of benzene rings is 2. The van der Waals surface area contributed by atoms with Gasteiger partial charge in [0.2, 0.25) is 0 Å². The van der Waals surface area contributed by atoms with E-state index in [1.165, 1.54) is 27.4 Å². The lowest BCUT2D eigenvalue weighted by Crippen LogP contribution is -1.91. The van der Waals surface area contributed by atoms with Crippen molar-refractivity contribution >= 4 is 38.4 Å². The minimum atomic E-state index is 0.475. The molecule has 0 fully saturated rings. The van der Waals surface area contributed by atoms with Crippen LogP contribution in [0.4, 0.5) is 5.82 Å². The molecule has 3 aromatic heterocycles. The van der Waals surface area contributed by atoms with E-state index in [1.807, 2.05) is 24.5 Å². The summed E-state index contributed by atoms with van der Waals surface area (Å²) in [5.41, 5.74) is 9.30. The zero-order chi connectivity index (χ0) is 18.5. The Morgan fingerprint density at radius 3 is 2.59 bits per heavy atom. The van der Waals surface area contributed by atoms with Crippen LogP contribution in [0.25, 0.3) is 32.6 Å². The molecule has 3 heterocycles. The summed E-state index contributed by atoms with van der Waals surface area (Å²) < 4.78 is 8.22. The van der Waals surface area contributed by atoms with Gasteiger partial charge in [-0.15, -0.1) is 0 Å². The van der Waals surface area contributed by atoms with Crippen LogP contribution in [0.1, 0.15) is 5.56 Å². The van der Waals surface area contributed by atoms with Gasteiger partial charge in [0.05, 0.1) is 11.7 Å². The predicted octanol–water partition coefficient (Wildman–Crippen LogP) is 4.96. The Hall–Kier alpha value is -3.60. The molecule has 2 aromatic carbocycles. The highest BCUT2D eigenvalue weighted by molar-refractivity contribution is 6.14. The molecule has 0 aliphatic carbocycles. The summed E-state index contributed by atoms with van der Waals surface area (Å²) in [6.07, 6.45) is 5.39. The van der Waals surface area contributed by atoms with Crippen LogP contribution < -0.4 is 10.5 Å². The number of pyridine rings is 2. The Kier molecular flexibility index (Phi) is 3.31. The quantitative estimate of drug-likeness (QED) is 0.487. The standard InChI is InChI=1S/C22H18N4O/c1-13-17-7-8-24-11-14(17)9-19-18-10-15(3-5-20(18)26(2)22(13)19)27-16-4-6-21(23)25-12-16/h3-12H,1-2H3,(H2,23,25). The van der Waals surface area contributed by atoms with Gasteiger partial charge < -0.3 is 15.0 Å². The maximum Gasteiger partial charge on any atom is 0.145 e. The van der Waals surface area contributed by atoms with Crippen molar-refractivity contribution in [2.24, 2.45) is 7.05 Å². The molecule has 132 valence electrons. The molecular formula is C22H18N4O. The summed E-state index contributed by atoms with van der Waals surface area (Å²) >= 11 is 0. The molecule has 0 amide bonds. The number of nitrogen functional groups attached to an aromatic ring is 1. The number of hydrogen-bond acceptors (Lipinski definition) is 4. The van der Waals surface area contributed by atoms with Gasteiger partial charge in [0, 0.05) is 41.1 Å². The normalized spacial score (nSPS) is 11.5. The van der Waals surface area contributed by atoms with E-state index < -0.39 is 0 Å². The Bertz CT molecular complexity index is 1320. The van der Waals surface area contributed by atoms with E-state index in [2.05, 4.69) is 52.8 Å². The summed E-state index contributed by atoms with van der Waals surface area (Å²) in [5, 5.41) is 4.73. The molecule has 0 atom stereocenters. The summed E-state index contributed by atoms with van der Waals surface area (Å²) in [6, 6.07) is 14.0. The average Bonchev–Trinajstić information content (AvgIpc) is 2.96. The molecule has 2 N–H and O–H groups in total. The van der Waals surface area contributed by atoms with Gasteiger partial charge in [-0.25, -0.2) is 4.98 Å². The van der Waals surface area contributed by atoms with E-state index in [1.54, 1.807) is 12.3 Å². The van der Waals surface area contributed by atoms with E-state index in [-0.39, 0.29) is 0 Å². The maximum atomic E-state index is 5.98. The number of aromatic nitrogens is 3. The molecule has 0 saturated heterocycles. The monoisotopic (exact) mass is 354 g/mol. The fraction of sp³-hybridized carbons (Fsp3) is 0.0909. The summed E-state index contributed by atoms with van der Waals surface area (Å²) in [7, 11) is 2.11. The molecule has 0 spiro atoms. The molecule has 5 nitrogen and oxygen atoms in total. The minimum Gasteiger partial charge on any atom is -0.456 e. The van der Waals surface area contributed by atoms with Crippen LogP contribution in [-0.4, -0.2) is 14.5 Å².